The number of hydrogen-bond acceptors (Lipinski definition) is 3. The van der Waals surface area contributed by atoms with Crippen LogP contribution in [0.25, 0.3) is 0 Å². The average molecular weight is 1010 g/mol. The zero-order valence-electron chi connectivity index (χ0n) is 48.1. The topological polar surface area (TPSA) is 69.6 Å². The first-order valence-electron chi connectivity index (χ1n) is 31.2. The fraction of sp³-hybridized carbons (Fsp3) is 0.696. The van der Waals surface area contributed by atoms with Crippen molar-refractivity contribution in [2.24, 2.45) is 0 Å². The van der Waals surface area contributed by atoms with Gasteiger partial charge >= 0.3 is 0 Å². The molecule has 3 N–H and O–H groups in total. The van der Waals surface area contributed by atoms with E-state index in [4.69, 9.17) is 0 Å². The first-order chi connectivity index (χ1) is 36.2. The number of amides is 1. The molecule has 0 aromatic carbocycles. The second kappa shape index (κ2) is 63.1. The lowest BCUT2D eigenvalue weighted by Crippen LogP contribution is -2.45. The maximum absolute atomic E-state index is 12.5. The lowest BCUT2D eigenvalue weighted by Gasteiger charge is -2.19. The van der Waals surface area contributed by atoms with E-state index in [1.807, 2.05) is 6.08 Å². The van der Waals surface area contributed by atoms with Crippen molar-refractivity contribution in [2.75, 3.05) is 6.61 Å². The van der Waals surface area contributed by atoms with Crippen molar-refractivity contribution in [1.82, 2.24) is 5.32 Å². The third-order valence-corrected chi connectivity index (χ3v) is 13.7. The molecule has 73 heavy (non-hydrogen) atoms. The summed E-state index contributed by atoms with van der Waals surface area (Å²) in [6.07, 6.45) is 96.7. The van der Waals surface area contributed by atoms with E-state index >= 15 is 0 Å². The first-order valence-corrected chi connectivity index (χ1v) is 31.2. The van der Waals surface area contributed by atoms with Crippen molar-refractivity contribution in [3.63, 3.8) is 0 Å². The van der Waals surface area contributed by atoms with E-state index in [2.05, 4.69) is 129 Å². The van der Waals surface area contributed by atoms with Gasteiger partial charge in [0, 0.05) is 6.42 Å². The number of carbonyl (C=O) groups excluding carboxylic acids is 1. The second-order valence-corrected chi connectivity index (χ2v) is 20.7. The maximum Gasteiger partial charge on any atom is 0.220 e. The van der Waals surface area contributed by atoms with E-state index < -0.39 is 12.1 Å². The summed E-state index contributed by atoms with van der Waals surface area (Å²) >= 11 is 0. The molecule has 0 aliphatic rings. The Hall–Kier alpha value is -3.21. The molecule has 418 valence electrons. The van der Waals surface area contributed by atoms with Crippen LogP contribution in [0.1, 0.15) is 290 Å². The van der Waals surface area contributed by atoms with Crippen LogP contribution in [0.15, 0.2) is 122 Å². The highest BCUT2D eigenvalue weighted by Crippen LogP contribution is 2.16. The molecule has 2 unspecified atom stereocenters. The summed E-state index contributed by atoms with van der Waals surface area (Å²) in [7, 11) is 0. The number of unbranched alkanes of at least 4 members (excludes halogenated alkanes) is 31. The number of hydrogen-bond donors (Lipinski definition) is 3. The van der Waals surface area contributed by atoms with Gasteiger partial charge in [0.2, 0.25) is 5.91 Å². The van der Waals surface area contributed by atoms with Gasteiger partial charge in [0.25, 0.3) is 0 Å². The summed E-state index contributed by atoms with van der Waals surface area (Å²) in [6.45, 7) is 4.19. The van der Waals surface area contributed by atoms with Gasteiger partial charge in [-0.25, -0.2) is 0 Å². The van der Waals surface area contributed by atoms with E-state index in [9.17, 15) is 15.0 Å². The van der Waals surface area contributed by atoms with Crippen molar-refractivity contribution in [3.05, 3.63) is 122 Å². The van der Waals surface area contributed by atoms with Crippen LogP contribution < -0.4 is 5.32 Å². The van der Waals surface area contributed by atoms with E-state index in [-0.39, 0.29) is 12.5 Å². The second-order valence-electron chi connectivity index (χ2n) is 20.7. The predicted molar refractivity (Wildman–Crippen MR) is 326 cm³/mol. The minimum absolute atomic E-state index is 0.0800. The number of rotatable bonds is 56. The Bertz CT molecular complexity index is 1420. The van der Waals surface area contributed by atoms with Gasteiger partial charge in [-0.05, 0) is 103 Å². The first kappa shape index (κ1) is 69.8. The fourth-order valence-corrected chi connectivity index (χ4v) is 8.96. The number of allylic oxidation sites excluding steroid dienone is 19. The average Bonchev–Trinajstić information content (AvgIpc) is 3.40. The molecule has 1 amide bonds. The third-order valence-electron chi connectivity index (χ3n) is 13.7. The molecule has 2 atom stereocenters. The van der Waals surface area contributed by atoms with Crippen molar-refractivity contribution < 1.29 is 15.0 Å². The van der Waals surface area contributed by atoms with Crippen LogP contribution in [-0.4, -0.2) is 34.9 Å². The van der Waals surface area contributed by atoms with E-state index in [1.165, 1.54) is 186 Å². The molecule has 0 aromatic rings. The monoisotopic (exact) mass is 1010 g/mol. The Kier molecular flexibility index (Phi) is 60.3. The van der Waals surface area contributed by atoms with Gasteiger partial charge in [-0.2, -0.15) is 0 Å². The normalized spacial score (nSPS) is 13.6. The van der Waals surface area contributed by atoms with E-state index in [1.54, 1.807) is 6.08 Å². The quantitative estimate of drug-likeness (QED) is 0.0420. The number of carbonyl (C=O) groups is 1. The zero-order valence-corrected chi connectivity index (χ0v) is 48.1. The highest BCUT2D eigenvalue weighted by atomic mass is 16.3. The highest BCUT2D eigenvalue weighted by molar-refractivity contribution is 5.76. The van der Waals surface area contributed by atoms with Gasteiger partial charge < -0.3 is 15.5 Å². The van der Waals surface area contributed by atoms with Crippen LogP contribution in [0.2, 0.25) is 0 Å². The molecule has 0 spiro atoms. The molecule has 0 radical (unpaired) electrons. The summed E-state index contributed by atoms with van der Waals surface area (Å²) in [4.78, 5) is 12.5. The lowest BCUT2D eigenvalue weighted by atomic mass is 10.0. The Morgan fingerprint density at radius 1 is 0.342 bits per heavy atom. The Labute approximate surface area is 454 Å². The Morgan fingerprint density at radius 3 is 0.959 bits per heavy atom. The van der Waals surface area contributed by atoms with Gasteiger partial charge in [0.15, 0.2) is 0 Å². The van der Waals surface area contributed by atoms with Gasteiger partial charge in [-0.1, -0.05) is 302 Å². The summed E-state index contributed by atoms with van der Waals surface area (Å²) < 4.78 is 0. The van der Waals surface area contributed by atoms with Crippen LogP contribution >= 0.6 is 0 Å². The molecule has 0 heterocycles. The number of nitrogens with one attached hydrogen (secondary N) is 1. The predicted octanol–water partition coefficient (Wildman–Crippen LogP) is 21.2. The number of aliphatic hydroxyl groups excluding tert-OH is 2. The van der Waals surface area contributed by atoms with Crippen LogP contribution in [0, 0.1) is 0 Å². The standard InChI is InChI=1S/C69H119NO3/c1-3-5-7-9-11-13-15-17-19-21-23-25-27-29-30-31-32-33-34-35-36-37-38-39-40-41-43-45-47-49-51-53-55-57-59-61-63-65-69(73)70-67(66-71)68(72)64-62-60-58-56-54-52-50-48-46-44-42-28-26-24-22-20-18-16-14-12-10-8-6-4-2/h5,7,11,13,17,19,23,25,29-30,32-33,35-36,46,48,54,56,62,64,67-68,71-72H,3-4,6,8-10,12,14-16,18,20-22,24,26-28,31,34,37-45,47,49-53,55,57-61,63,65-66H2,1-2H3,(H,70,73)/b7-5-,13-11-,19-17-,25-23-,30-29-,33-32-,36-35-,48-46+,56-54+,64-62+. The third kappa shape index (κ3) is 59.5. The molecule has 0 bridgehead atoms. The van der Waals surface area contributed by atoms with Crippen LogP contribution in [0.5, 0.6) is 0 Å². The van der Waals surface area contributed by atoms with Crippen LogP contribution in [-0.2, 0) is 4.79 Å². The van der Waals surface area contributed by atoms with Gasteiger partial charge in [-0.3, -0.25) is 4.79 Å². The summed E-state index contributed by atoms with van der Waals surface area (Å²) in [5.41, 5.74) is 0. The van der Waals surface area contributed by atoms with Crippen molar-refractivity contribution in [1.29, 1.82) is 0 Å². The fourth-order valence-electron chi connectivity index (χ4n) is 8.96. The summed E-state index contributed by atoms with van der Waals surface area (Å²) in [6, 6.07) is -0.653. The smallest absolute Gasteiger partial charge is 0.220 e. The maximum atomic E-state index is 12.5. The van der Waals surface area contributed by atoms with Crippen molar-refractivity contribution in [2.45, 2.75) is 302 Å². The summed E-state index contributed by atoms with van der Waals surface area (Å²) in [5.74, 6) is -0.0800. The largest absolute Gasteiger partial charge is 0.394 e. The molecule has 0 saturated carbocycles. The molecule has 4 nitrogen and oxygen atoms in total. The SMILES string of the molecule is CC/C=C\C/C=C\C/C=C\C/C=C\C/C=C\C/C=C\C/C=C\CCCCCCCCCCCCCCCCCC(=O)NC(CO)C(O)/C=C/CC/C=C/CC/C=C/CCCCCCCCCCCCCCCC. The zero-order chi connectivity index (χ0) is 52.7. The lowest BCUT2D eigenvalue weighted by molar-refractivity contribution is -0.123. The van der Waals surface area contributed by atoms with Gasteiger partial charge in [0.1, 0.15) is 0 Å². The van der Waals surface area contributed by atoms with Crippen LogP contribution in [0.4, 0.5) is 0 Å². The summed E-state index contributed by atoms with van der Waals surface area (Å²) in [5, 5.41) is 23.2. The highest BCUT2D eigenvalue weighted by Gasteiger charge is 2.18. The van der Waals surface area contributed by atoms with E-state index in [0.717, 1.165) is 83.5 Å². The molecule has 0 aromatic heterocycles. The molecular weight excluding hydrogens is 891 g/mol. The Morgan fingerprint density at radius 2 is 0.616 bits per heavy atom. The van der Waals surface area contributed by atoms with Crippen molar-refractivity contribution >= 4 is 5.91 Å². The molecule has 0 fully saturated rings. The van der Waals surface area contributed by atoms with Gasteiger partial charge in [-0.15, -0.1) is 0 Å². The molecule has 0 aliphatic carbocycles. The minimum atomic E-state index is -0.878. The molecule has 0 rings (SSSR count). The van der Waals surface area contributed by atoms with Crippen molar-refractivity contribution in [3.8, 4) is 0 Å². The minimum Gasteiger partial charge on any atom is -0.394 e. The Balaban J connectivity index is 3.57. The van der Waals surface area contributed by atoms with Crippen LogP contribution in [0.3, 0.4) is 0 Å². The molecule has 0 saturated heterocycles. The molecular formula is C69H119NO3. The van der Waals surface area contributed by atoms with E-state index in [0.29, 0.717) is 6.42 Å². The molecule has 4 heteroatoms. The number of aliphatic hydroxyl groups is 2. The molecule has 0 aliphatic heterocycles. The van der Waals surface area contributed by atoms with Gasteiger partial charge in [0.05, 0.1) is 18.8 Å².